The maximum atomic E-state index is 12.5. The molecule has 1 nitrogen and oxygen atoms in total. The van der Waals surface area contributed by atoms with Crippen LogP contribution in [0.4, 0.5) is 8.78 Å². The summed E-state index contributed by atoms with van der Waals surface area (Å²) in [6.07, 6.45) is -2.51. The van der Waals surface area contributed by atoms with E-state index in [-0.39, 0.29) is 10.7 Å². The van der Waals surface area contributed by atoms with Gasteiger partial charge in [-0.25, -0.2) is 13.8 Å². The Labute approximate surface area is 101 Å². The lowest BCUT2D eigenvalue weighted by Gasteiger charge is -2.08. The summed E-state index contributed by atoms with van der Waals surface area (Å²) in [6, 6.07) is 1.20. The minimum absolute atomic E-state index is 0.0544. The summed E-state index contributed by atoms with van der Waals surface area (Å²) in [5, 5.41) is 0.458. The molecule has 0 amide bonds. The summed E-state index contributed by atoms with van der Waals surface area (Å²) in [4.78, 5) is 3.88. The summed E-state index contributed by atoms with van der Waals surface area (Å²) in [5.74, 6) is 0. The third-order valence-electron chi connectivity index (χ3n) is 1.45. The van der Waals surface area contributed by atoms with Gasteiger partial charge in [0.05, 0.1) is 0 Å². The van der Waals surface area contributed by atoms with Crippen molar-refractivity contribution in [3.8, 4) is 0 Å². The molecule has 6 heteroatoms. The van der Waals surface area contributed by atoms with Gasteiger partial charge in [-0.1, -0.05) is 27.5 Å². The number of hydrogen-bond donors (Lipinski definition) is 0. The minimum atomic E-state index is -2.51. The Kier molecular flexibility index (Phi) is 4.31. The van der Waals surface area contributed by atoms with Gasteiger partial charge in [0, 0.05) is 16.5 Å². The van der Waals surface area contributed by atoms with E-state index in [0.717, 1.165) is 0 Å². The zero-order valence-electron chi connectivity index (χ0n) is 6.20. The first-order chi connectivity index (χ1) is 6.06. The van der Waals surface area contributed by atoms with Crippen molar-refractivity contribution in [3.05, 3.63) is 26.0 Å². The van der Waals surface area contributed by atoms with Crippen LogP contribution in [-0.4, -0.2) is 4.98 Å². The molecule has 1 aromatic heterocycles. The van der Waals surface area contributed by atoms with E-state index in [1.54, 1.807) is 0 Å². The number of pyridine rings is 1. The van der Waals surface area contributed by atoms with Crippen molar-refractivity contribution in [2.45, 2.75) is 11.8 Å². The predicted molar refractivity (Wildman–Crippen MR) is 59.6 cm³/mol. The predicted octanol–water partition coefficient (Wildman–Crippen LogP) is 4.17. The van der Waals surface area contributed by atoms with Crippen LogP contribution in [0.2, 0.25) is 5.15 Å². The highest BCUT2D eigenvalue weighted by molar-refractivity contribution is 14.1. The zero-order valence-corrected chi connectivity index (χ0v) is 10.7. The second kappa shape index (κ2) is 4.84. The molecule has 0 radical (unpaired) electrons. The Morgan fingerprint density at radius 2 is 2.23 bits per heavy atom. The van der Waals surface area contributed by atoms with E-state index in [9.17, 15) is 8.78 Å². The van der Waals surface area contributed by atoms with Gasteiger partial charge in [-0.05, 0) is 28.7 Å². The maximum Gasteiger partial charge on any atom is 0.264 e. The highest BCUT2D eigenvalue weighted by atomic mass is 127. The van der Waals surface area contributed by atoms with Gasteiger partial charge in [0.15, 0.2) is 0 Å². The van der Waals surface area contributed by atoms with Crippen molar-refractivity contribution in [1.82, 2.24) is 4.98 Å². The van der Waals surface area contributed by atoms with E-state index in [0.29, 0.717) is 14.6 Å². The molecule has 0 fully saturated rings. The van der Waals surface area contributed by atoms with Crippen LogP contribution < -0.4 is 0 Å². The average molecular weight is 382 g/mol. The van der Waals surface area contributed by atoms with Crippen LogP contribution >= 0.6 is 50.1 Å². The summed E-state index contributed by atoms with van der Waals surface area (Å²) in [7, 11) is 0. The van der Waals surface area contributed by atoms with Gasteiger partial charge in [0.25, 0.3) is 6.43 Å². The highest BCUT2D eigenvalue weighted by Gasteiger charge is 2.16. The van der Waals surface area contributed by atoms with Crippen LogP contribution in [0.1, 0.15) is 17.6 Å². The topological polar surface area (TPSA) is 12.9 Å². The zero-order chi connectivity index (χ0) is 10.0. The quantitative estimate of drug-likeness (QED) is 0.425. The first kappa shape index (κ1) is 11.6. The van der Waals surface area contributed by atoms with E-state index in [2.05, 4.69) is 20.9 Å². The van der Waals surface area contributed by atoms with Crippen molar-refractivity contribution >= 4 is 50.1 Å². The lowest BCUT2D eigenvalue weighted by atomic mass is 10.2. The molecule has 13 heavy (non-hydrogen) atoms. The lowest BCUT2D eigenvalue weighted by molar-refractivity contribution is 0.150. The summed E-state index contributed by atoms with van der Waals surface area (Å²) >= 11 is 10.6. The molecule has 0 unspecified atom stereocenters. The molecule has 72 valence electrons. The number of alkyl halides is 3. The molecular formula is C7H4BrClF2IN. The highest BCUT2D eigenvalue weighted by Crippen LogP contribution is 2.29. The van der Waals surface area contributed by atoms with Crippen molar-refractivity contribution in [2.75, 3.05) is 0 Å². The molecule has 0 N–H and O–H groups in total. The van der Waals surface area contributed by atoms with Gasteiger partial charge in [-0.15, -0.1) is 0 Å². The molecule has 1 aromatic rings. The van der Waals surface area contributed by atoms with Crippen molar-refractivity contribution < 1.29 is 8.78 Å². The number of nitrogens with zero attached hydrogens (tertiary/aromatic N) is 1. The van der Waals surface area contributed by atoms with Gasteiger partial charge >= 0.3 is 0 Å². The summed E-state index contributed by atoms with van der Waals surface area (Å²) in [6.45, 7) is 0. The largest absolute Gasteiger partial charge is 0.264 e. The number of aromatic nitrogens is 1. The van der Waals surface area contributed by atoms with E-state index in [1.807, 2.05) is 22.6 Å². The molecule has 0 saturated carbocycles. The fourth-order valence-electron chi connectivity index (χ4n) is 0.855. The number of hydrogen-bond acceptors (Lipinski definition) is 1. The van der Waals surface area contributed by atoms with Crippen LogP contribution in [0.3, 0.4) is 0 Å². The average Bonchev–Trinajstić information content (AvgIpc) is 2.02. The monoisotopic (exact) mass is 381 g/mol. The fraction of sp³-hybridized carbons (Fsp3) is 0.286. The van der Waals surface area contributed by atoms with E-state index in [1.165, 1.54) is 6.07 Å². The summed E-state index contributed by atoms with van der Waals surface area (Å²) in [5.41, 5.74) is 0.446. The second-order valence-corrected chi connectivity index (χ2v) is 4.21. The van der Waals surface area contributed by atoms with Crippen LogP contribution in [0.25, 0.3) is 0 Å². The Balaban J connectivity index is 3.29. The Bertz CT molecular complexity index is 322. The molecule has 1 heterocycles. The van der Waals surface area contributed by atoms with E-state index >= 15 is 0 Å². The van der Waals surface area contributed by atoms with Gasteiger partial charge in [0.1, 0.15) is 8.85 Å². The lowest BCUT2D eigenvalue weighted by Crippen LogP contribution is -1.98. The molecule has 0 aliphatic rings. The van der Waals surface area contributed by atoms with Crippen molar-refractivity contribution in [3.63, 3.8) is 0 Å². The third-order valence-corrected chi connectivity index (χ3v) is 3.09. The van der Waals surface area contributed by atoms with Crippen LogP contribution in [0.5, 0.6) is 0 Å². The molecule has 0 saturated heterocycles. The standard InChI is InChI=1S/C7H4BrClF2IN/c8-2-4-3(6(10)11)1-5(9)13-7(4)12/h1,6H,2H2. The molecule has 0 bridgehead atoms. The smallest absolute Gasteiger partial charge is 0.230 e. The van der Waals surface area contributed by atoms with Gasteiger partial charge < -0.3 is 0 Å². The Morgan fingerprint density at radius 3 is 2.69 bits per heavy atom. The van der Waals surface area contributed by atoms with Gasteiger partial charge in [0.2, 0.25) is 0 Å². The van der Waals surface area contributed by atoms with Gasteiger partial charge in [-0.2, -0.15) is 0 Å². The Morgan fingerprint density at radius 1 is 1.62 bits per heavy atom. The fourth-order valence-corrected chi connectivity index (χ4v) is 3.08. The molecule has 0 spiro atoms. The molecule has 0 atom stereocenters. The third kappa shape index (κ3) is 2.73. The first-order valence-corrected chi connectivity index (χ1v) is 5.83. The summed E-state index contributed by atoms with van der Waals surface area (Å²) < 4.78 is 25.4. The molecule has 0 aliphatic heterocycles. The van der Waals surface area contributed by atoms with Crippen molar-refractivity contribution in [1.29, 1.82) is 0 Å². The van der Waals surface area contributed by atoms with Crippen LogP contribution in [0.15, 0.2) is 6.07 Å². The minimum Gasteiger partial charge on any atom is -0.230 e. The van der Waals surface area contributed by atoms with Gasteiger partial charge in [-0.3, -0.25) is 0 Å². The van der Waals surface area contributed by atoms with E-state index in [4.69, 9.17) is 11.6 Å². The Hall–Kier alpha value is 0.510. The normalized spacial score (nSPS) is 10.9. The molecule has 0 aromatic carbocycles. The van der Waals surface area contributed by atoms with Crippen LogP contribution in [-0.2, 0) is 5.33 Å². The second-order valence-electron chi connectivity index (χ2n) is 2.24. The van der Waals surface area contributed by atoms with Crippen molar-refractivity contribution in [2.24, 2.45) is 0 Å². The maximum absolute atomic E-state index is 12.5. The molecule has 0 aliphatic carbocycles. The number of rotatable bonds is 2. The molecular weight excluding hydrogens is 378 g/mol. The first-order valence-electron chi connectivity index (χ1n) is 3.25. The van der Waals surface area contributed by atoms with Crippen LogP contribution in [0, 0.1) is 3.70 Å². The number of halogens is 5. The van der Waals surface area contributed by atoms with E-state index < -0.39 is 6.43 Å². The SMILES string of the molecule is FC(F)c1cc(Cl)nc(I)c1CBr. The molecule has 1 rings (SSSR count).